The molecule has 12 heteroatoms. The first-order valence-corrected chi connectivity index (χ1v) is 18.2. The lowest BCUT2D eigenvalue weighted by Crippen LogP contribution is -2.57. The van der Waals surface area contributed by atoms with Gasteiger partial charge in [0.1, 0.15) is 22.8 Å². The van der Waals surface area contributed by atoms with Crippen LogP contribution in [0.3, 0.4) is 0 Å². The third kappa shape index (κ3) is 7.17. The molecule has 6 rings (SSSR count). The van der Waals surface area contributed by atoms with Crippen LogP contribution in [0.4, 0.5) is 15.0 Å². The lowest BCUT2D eigenvalue weighted by Gasteiger charge is -2.42. The summed E-state index contributed by atoms with van der Waals surface area (Å²) < 4.78 is 50.3. The van der Waals surface area contributed by atoms with Crippen molar-refractivity contribution in [3.05, 3.63) is 64.7 Å². The molecule has 0 radical (unpaired) electrons. The number of anilines is 1. The van der Waals surface area contributed by atoms with E-state index >= 15 is 4.39 Å². The molecule has 1 aromatic heterocycles. The van der Waals surface area contributed by atoms with Crippen LogP contribution in [0.25, 0.3) is 32.8 Å². The maximum absolute atomic E-state index is 16.9. The maximum atomic E-state index is 16.9. The number of aryl methyl sites for hydroxylation is 2. The number of ether oxygens (including phenoxy) is 1. The van der Waals surface area contributed by atoms with Crippen LogP contribution in [0, 0.1) is 12.7 Å². The van der Waals surface area contributed by atoms with Gasteiger partial charge < -0.3 is 9.64 Å². The Hall–Kier alpha value is -3.54. The van der Waals surface area contributed by atoms with E-state index in [1.54, 1.807) is 6.07 Å². The van der Waals surface area contributed by atoms with Gasteiger partial charge in [-0.2, -0.15) is 8.42 Å². The van der Waals surface area contributed by atoms with Crippen molar-refractivity contribution in [3.63, 3.8) is 0 Å². The molecule has 3 heterocycles. The number of benzene rings is 3. The van der Waals surface area contributed by atoms with Crippen molar-refractivity contribution in [1.82, 2.24) is 14.9 Å². The first kappa shape index (κ1) is 33.4. The number of hydrogen-bond donors (Lipinski definition) is 0. The topological polar surface area (TPSA) is 102 Å². The standard InChI is InChI=1S/C35H40ClFN4O5S/c1-21-16-22-10-6-7-11-25(22)26(17-21)30-28(36)18-27-32(31(30)37)38-29(12-8-9-15-45-47(5,43)44)39-33(27)40-19-23-13-14-24(20-40)41(23)34(42)46-35(2,3)4/h6-7,10-11,16-18,23-24H,8-9,12-15,19-20H2,1-5H3. The number of fused-ring (bicyclic) bond motifs is 4. The van der Waals surface area contributed by atoms with Crippen molar-refractivity contribution in [2.24, 2.45) is 0 Å². The largest absolute Gasteiger partial charge is 0.444 e. The zero-order valence-corrected chi connectivity index (χ0v) is 28.9. The van der Waals surface area contributed by atoms with E-state index in [0.717, 1.165) is 35.4 Å². The molecule has 0 aliphatic carbocycles. The number of unbranched alkanes of at least 4 members (excludes halogenated alkanes) is 1. The third-order valence-electron chi connectivity index (χ3n) is 8.66. The molecule has 4 aromatic rings. The number of nitrogens with zero attached hydrogens (tertiary/aromatic N) is 4. The highest BCUT2D eigenvalue weighted by atomic mass is 35.5. The summed E-state index contributed by atoms with van der Waals surface area (Å²) >= 11 is 6.95. The second-order valence-electron chi connectivity index (χ2n) is 13.6. The SMILES string of the molecule is Cc1cc(-c2c(Cl)cc3c(N4CC5CCC(C4)N5C(=O)OC(C)(C)C)nc(CCCCOS(C)(=O)=O)nc3c2F)c2ccccc2c1. The van der Waals surface area contributed by atoms with Gasteiger partial charge >= 0.3 is 6.09 Å². The van der Waals surface area contributed by atoms with Gasteiger partial charge in [0.05, 0.1) is 30.0 Å². The fraction of sp³-hybridized carbons (Fsp3) is 0.457. The van der Waals surface area contributed by atoms with Crippen molar-refractivity contribution in [3.8, 4) is 11.1 Å². The third-order valence-corrected chi connectivity index (χ3v) is 9.56. The Bertz CT molecular complexity index is 1950. The zero-order chi connectivity index (χ0) is 33.7. The quantitative estimate of drug-likeness (QED) is 0.140. The lowest BCUT2D eigenvalue weighted by molar-refractivity contribution is 0.0123. The Morgan fingerprint density at radius 1 is 1.04 bits per heavy atom. The molecule has 47 heavy (non-hydrogen) atoms. The van der Waals surface area contributed by atoms with Gasteiger partial charge in [0.2, 0.25) is 0 Å². The Morgan fingerprint density at radius 3 is 2.43 bits per heavy atom. The second kappa shape index (κ2) is 12.8. The summed E-state index contributed by atoms with van der Waals surface area (Å²) in [6, 6.07) is 13.4. The van der Waals surface area contributed by atoms with Gasteiger partial charge in [0, 0.05) is 30.5 Å². The Labute approximate surface area is 280 Å². The summed E-state index contributed by atoms with van der Waals surface area (Å²) in [7, 11) is -3.54. The molecule has 2 bridgehead atoms. The summed E-state index contributed by atoms with van der Waals surface area (Å²) in [6.07, 6.45) is 3.76. The van der Waals surface area contributed by atoms with Gasteiger partial charge in [0.15, 0.2) is 5.82 Å². The van der Waals surface area contributed by atoms with Crippen LogP contribution in [-0.4, -0.2) is 73.0 Å². The van der Waals surface area contributed by atoms with Crippen LogP contribution < -0.4 is 4.90 Å². The number of aromatic nitrogens is 2. The van der Waals surface area contributed by atoms with Crippen LogP contribution in [0.5, 0.6) is 0 Å². The predicted octanol–water partition coefficient (Wildman–Crippen LogP) is 7.44. The van der Waals surface area contributed by atoms with E-state index < -0.39 is 21.5 Å². The van der Waals surface area contributed by atoms with E-state index in [4.69, 9.17) is 30.5 Å². The van der Waals surface area contributed by atoms with E-state index in [9.17, 15) is 13.2 Å². The molecule has 250 valence electrons. The molecule has 9 nitrogen and oxygen atoms in total. The molecule has 0 saturated carbocycles. The molecule has 3 aromatic carbocycles. The molecular formula is C35H40ClFN4O5S. The Morgan fingerprint density at radius 2 is 1.74 bits per heavy atom. The highest BCUT2D eigenvalue weighted by molar-refractivity contribution is 7.85. The lowest BCUT2D eigenvalue weighted by atomic mass is 9.94. The van der Waals surface area contributed by atoms with Crippen molar-refractivity contribution >= 4 is 55.3 Å². The van der Waals surface area contributed by atoms with E-state index in [1.165, 1.54) is 0 Å². The van der Waals surface area contributed by atoms with Gasteiger partial charge in [-0.25, -0.2) is 19.2 Å². The predicted molar refractivity (Wildman–Crippen MR) is 183 cm³/mol. The highest BCUT2D eigenvalue weighted by Gasteiger charge is 2.45. The first-order valence-electron chi connectivity index (χ1n) is 16.0. The minimum Gasteiger partial charge on any atom is -0.444 e. The number of amides is 1. The second-order valence-corrected chi connectivity index (χ2v) is 15.7. The summed E-state index contributed by atoms with van der Waals surface area (Å²) in [4.78, 5) is 26.8. The molecule has 2 aliphatic rings. The number of rotatable bonds is 8. The molecule has 0 N–H and O–H groups in total. The summed E-state index contributed by atoms with van der Waals surface area (Å²) in [5, 5.41) is 2.63. The van der Waals surface area contributed by atoms with E-state index in [0.29, 0.717) is 54.9 Å². The fourth-order valence-corrected chi connectivity index (χ4v) is 7.49. The van der Waals surface area contributed by atoms with Crippen LogP contribution in [0.1, 0.15) is 57.8 Å². The van der Waals surface area contributed by atoms with Crippen molar-refractivity contribution in [2.45, 2.75) is 77.5 Å². The number of piperazine rings is 1. The van der Waals surface area contributed by atoms with Crippen molar-refractivity contribution in [2.75, 3.05) is 30.9 Å². The van der Waals surface area contributed by atoms with Crippen LogP contribution >= 0.6 is 11.6 Å². The number of hydrogen-bond acceptors (Lipinski definition) is 8. The van der Waals surface area contributed by atoms with Gasteiger partial charge in [-0.1, -0.05) is 48.0 Å². The van der Waals surface area contributed by atoms with Crippen LogP contribution in [0.15, 0.2) is 42.5 Å². The highest BCUT2D eigenvalue weighted by Crippen LogP contribution is 2.42. The zero-order valence-electron chi connectivity index (χ0n) is 27.3. The maximum Gasteiger partial charge on any atom is 0.410 e. The molecule has 2 atom stereocenters. The van der Waals surface area contributed by atoms with E-state index in [2.05, 4.69) is 11.0 Å². The van der Waals surface area contributed by atoms with Crippen LogP contribution in [-0.2, 0) is 25.5 Å². The molecule has 1 amide bonds. The van der Waals surface area contributed by atoms with E-state index in [-0.39, 0.29) is 40.9 Å². The monoisotopic (exact) mass is 682 g/mol. The van der Waals surface area contributed by atoms with Crippen LogP contribution in [0.2, 0.25) is 5.02 Å². The Kier molecular flexibility index (Phi) is 9.10. The summed E-state index contributed by atoms with van der Waals surface area (Å²) in [5.41, 5.74) is 1.52. The average Bonchev–Trinajstić information content (AvgIpc) is 3.25. The normalized spacial score (nSPS) is 18.4. The van der Waals surface area contributed by atoms with Gasteiger partial charge in [0.25, 0.3) is 10.1 Å². The fourth-order valence-electron chi connectivity index (χ4n) is 6.78. The summed E-state index contributed by atoms with van der Waals surface area (Å²) in [6.45, 7) is 8.61. The molecule has 2 saturated heterocycles. The molecule has 0 spiro atoms. The van der Waals surface area contributed by atoms with E-state index in [1.807, 2.05) is 62.9 Å². The van der Waals surface area contributed by atoms with Gasteiger partial charge in [-0.05, 0) is 81.3 Å². The van der Waals surface area contributed by atoms with Crippen molar-refractivity contribution < 1.29 is 26.5 Å². The molecule has 2 unspecified atom stereocenters. The van der Waals surface area contributed by atoms with Crippen molar-refractivity contribution in [1.29, 1.82) is 0 Å². The van der Waals surface area contributed by atoms with Gasteiger partial charge in [-0.3, -0.25) is 9.08 Å². The minimum absolute atomic E-state index is 0.0454. The molecule has 2 aliphatic heterocycles. The number of carbonyl (C=O) groups is 1. The van der Waals surface area contributed by atoms with Gasteiger partial charge in [-0.15, -0.1) is 0 Å². The average molecular weight is 683 g/mol. The smallest absolute Gasteiger partial charge is 0.410 e. The minimum atomic E-state index is -3.54. The first-order chi connectivity index (χ1) is 22.2. The Balaban J connectivity index is 1.41. The summed E-state index contributed by atoms with van der Waals surface area (Å²) in [5.74, 6) is 0.485. The molecule has 2 fully saturated rings. The number of halogens is 2. The number of carbonyl (C=O) groups excluding carboxylic acids is 1. The molecular weight excluding hydrogens is 643 g/mol.